The van der Waals surface area contributed by atoms with Crippen LogP contribution in [0.2, 0.25) is 0 Å². The van der Waals surface area contributed by atoms with Gasteiger partial charge >= 0.3 is 5.97 Å². The summed E-state index contributed by atoms with van der Waals surface area (Å²) in [7, 11) is 0. The Labute approximate surface area is 106 Å². The van der Waals surface area contributed by atoms with Gasteiger partial charge in [0, 0.05) is 11.5 Å². The summed E-state index contributed by atoms with van der Waals surface area (Å²) in [6.45, 7) is 3.56. The maximum atomic E-state index is 11.2. The molecule has 1 aromatic rings. The zero-order valence-electron chi connectivity index (χ0n) is 10.5. The average Bonchev–Trinajstić information content (AvgIpc) is 2.37. The molecule has 4 heteroatoms. The molecule has 0 aliphatic carbocycles. The van der Waals surface area contributed by atoms with Crippen LogP contribution in [0, 0.1) is 11.8 Å². The molecule has 1 heterocycles. The predicted octanol–water partition coefficient (Wildman–Crippen LogP) is 2.23. The van der Waals surface area contributed by atoms with Gasteiger partial charge in [-0.15, -0.1) is 0 Å². The number of para-hydroxylation sites is 1. The first-order chi connectivity index (χ1) is 8.56. The standard InChI is InChI=1S/C14H18O4/c1-3-10-12(8(2)14(16)17)13(15)9-6-4-5-7-11(9)18-10/h4-8,10,12-13,15H,3H2,1-2H3,(H,16,17). The monoisotopic (exact) mass is 250 g/mol. The quantitative estimate of drug-likeness (QED) is 0.863. The van der Waals surface area contributed by atoms with E-state index in [9.17, 15) is 9.90 Å². The largest absolute Gasteiger partial charge is 0.490 e. The second-order valence-corrected chi connectivity index (χ2v) is 4.75. The van der Waals surface area contributed by atoms with Crippen molar-refractivity contribution in [1.29, 1.82) is 0 Å². The molecular formula is C14H18O4. The van der Waals surface area contributed by atoms with E-state index in [1.807, 2.05) is 25.1 Å². The zero-order valence-corrected chi connectivity index (χ0v) is 10.5. The zero-order chi connectivity index (χ0) is 13.3. The maximum Gasteiger partial charge on any atom is 0.306 e. The average molecular weight is 250 g/mol. The van der Waals surface area contributed by atoms with E-state index in [0.29, 0.717) is 17.7 Å². The number of carboxylic acid groups (broad SMARTS) is 1. The van der Waals surface area contributed by atoms with Crippen LogP contribution in [-0.2, 0) is 4.79 Å². The summed E-state index contributed by atoms with van der Waals surface area (Å²) in [5, 5.41) is 19.5. The van der Waals surface area contributed by atoms with E-state index in [2.05, 4.69) is 0 Å². The number of aliphatic carboxylic acids is 1. The van der Waals surface area contributed by atoms with Crippen LogP contribution in [0.25, 0.3) is 0 Å². The van der Waals surface area contributed by atoms with Crippen LogP contribution in [0.5, 0.6) is 5.75 Å². The highest BCUT2D eigenvalue weighted by Crippen LogP contribution is 2.42. The first-order valence-electron chi connectivity index (χ1n) is 6.22. The van der Waals surface area contributed by atoms with E-state index in [4.69, 9.17) is 9.84 Å². The predicted molar refractivity (Wildman–Crippen MR) is 66.4 cm³/mol. The smallest absolute Gasteiger partial charge is 0.306 e. The van der Waals surface area contributed by atoms with E-state index < -0.39 is 23.9 Å². The van der Waals surface area contributed by atoms with Crippen molar-refractivity contribution >= 4 is 5.97 Å². The number of benzene rings is 1. The van der Waals surface area contributed by atoms with Gasteiger partial charge in [-0.05, 0) is 12.5 Å². The number of carbonyl (C=O) groups is 1. The van der Waals surface area contributed by atoms with Crippen molar-refractivity contribution in [2.45, 2.75) is 32.5 Å². The highest BCUT2D eigenvalue weighted by molar-refractivity contribution is 5.70. The fraction of sp³-hybridized carbons (Fsp3) is 0.500. The molecule has 1 aromatic carbocycles. The Kier molecular flexibility index (Phi) is 3.57. The Morgan fingerprint density at radius 3 is 2.72 bits per heavy atom. The van der Waals surface area contributed by atoms with Gasteiger partial charge in [0.15, 0.2) is 0 Å². The highest BCUT2D eigenvalue weighted by atomic mass is 16.5. The van der Waals surface area contributed by atoms with Gasteiger partial charge in [-0.25, -0.2) is 0 Å². The van der Waals surface area contributed by atoms with Gasteiger partial charge in [-0.2, -0.15) is 0 Å². The third kappa shape index (κ3) is 2.08. The van der Waals surface area contributed by atoms with Gasteiger partial charge < -0.3 is 14.9 Å². The molecule has 0 saturated carbocycles. The molecule has 0 spiro atoms. The number of ether oxygens (including phenoxy) is 1. The molecule has 0 saturated heterocycles. The van der Waals surface area contributed by atoms with Gasteiger partial charge in [0.25, 0.3) is 0 Å². The SMILES string of the molecule is CCC1Oc2ccccc2C(O)C1C(C)C(=O)O. The van der Waals surface area contributed by atoms with Crippen molar-refractivity contribution < 1.29 is 19.7 Å². The minimum Gasteiger partial charge on any atom is -0.490 e. The number of rotatable bonds is 3. The lowest BCUT2D eigenvalue weighted by Gasteiger charge is -2.38. The third-order valence-electron chi connectivity index (χ3n) is 3.68. The highest BCUT2D eigenvalue weighted by Gasteiger charge is 2.42. The van der Waals surface area contributed by atoms with Crippen LogP contribution in [0.3, 0.4) is 0 Å². The van der Waals surface area contributed by atoms with Crippen molar-refractivity contribution in [3.05, 3.63) is 29.8 Å². The van der Waals surface area contributed by atoms with Crippen LogP contribution < -0.4 is 4.74 Å². The van der Waals surface area contributed by atoms with Crippen LogP contribution in [0.1, 0.15) is 31.9 Å². The summed E-state index contributed by atoms with van der Waals surface area (Å²) < 4.78 is 5.81. The molecule has 18 heavy (non-hydrogen) atoms. The number of fused-ring (bicyclic) bond motifs is 1. The number of hydrogen-bond acceptors (Lipinski definition) is 3. The summed E-state index contributed by atoms with van der Waals surface area (Å²) in [5.74, 6) is -1.30. The molecule has 1 aliphatic heterocycles. The first kappa shape index (κ1) is 12.9. The van der Waals surface area contributed by atoms with Crippen molar-refractivity contribution in [2.24, 2.45) is 11.8 Å². The summed E-state index contributed by atoms with van der Waals surface area (Å²) in [4.78, 5) is 11.2. The van der Waals surface area contributed by atoms with Gasteiger partial charge in [-0.3, -0.25) is 4.79 Å². The Hall–Kier alpha value is -1.55. The molecule has 98 valence electrons. The number of carboxylic acids is 1. The molecule has 4 atom stereocenters. The van der Waals surface area contributed by atoms with Crippen molar-refractivity contribution in [3.8, 4) is 5.75 Å². The van der Waals surface area contributed by atoms with Crippen molar-refractivity contribution in [3.63, 3.8) is 0 Å². The minimum absolute atomic E-state index is 0.263. The topological polar surface area (TPSA) is 66.8 Å². The number of hydrogen-bond donors (Lipinski definition) is 2. The molecule has 2 rings (SSSR count). The molecule has 1 aliphatic rings. The fourth-order valence-corrected chi connectivity index (χ4v) is 2.60. The van der Waals surface area contributed by atoms with Crippen LogP contribution >= 0.6 is 0 Å². The molecule has 0 amide bonds. The lowest BCUT2D eigenvalue weighted by Crippen LogP contribution is -2.41. The summed E-state index contributed by atoms with van der Waals surface area (Å²) in [5.41, 5.74) is 0.681. The molecule has 2 N–H and O–H groups in total. The lowest BCUT2D eigenvalue weighted by molar-refractivity contribution is -0.148. The Balaban J connectivity index is 2.38. The summed E-state index contributed by atoms with van der Waals surface area (Å²) in [6.07, 6.45) is -0.375. The van der Waals surface area contributed by atoms with E-state index >= 15 is 0 Å². The first-order valence-corrected chi connectivity index (χ1v) is 6.22. The normalized spacial score (nSPS) is 28.1. The number of aliphatic hydroxyl groups is 1. The molecule has 0 fully saturated rings. The lowest BCUT2D eigenvalue weighted by atomic mass is 9.78. The van der Waals surface area contributed by atoms with E-state index in [0.717, 1.165) is 0 Å². The van der Waals surface area contributed by atoms with Crippen LogP contribution in [0.15, 0.2) is 24.3 Å². The second kappa shape index (κ2) is 4.98. The Bertz CT molecular complexity index is 443. The number of aliphatic hydroxyl groups excluding tert-OH is 1. The van der Waals surface area contributed by atoms with Gasteiger partial charge in [0.2, 0.25) is 0 Å². The molecule has 0 bridgehead atoms. The molecule has 4 unspecified atom stereocenters. The third-order valence-corrected chi connectivity index (χ3v) is 3.68. The van der Waals surface area contributed by atoms with E-state index in [1.165, 1.54) is 0 Å². The van der Waals surface area contributed by atoms with Crippen molar-refractivity contribution in [2.75, 3.05) is 0 Å². The fourth-order valence-electron chi connectivity index (χ4n) is 2.60. The van der Waals surface area contributed by atoms with E-state index in [1.54, 1.807) is 13.0 Å². The second-order valence-electron chi connectivity index (χ2n) is 4.75. The minimum atomic E-state index is -0.902. The van der Waals surface area contributed by atoms with Gasteiger partial charge in [0.1, 0.15) is 11.9 Å². The molecule has 4 nitrogen and oxygen atoms in total. The summed E-state index contributed by atoms with van der Waals surface area (Å²) >= 11 is 0. The van der Waals surface area contributed by atoms with E-state index in [-0.39, 0.29) is 6.10 Å². The molecule has 0 aromatic heterocycles. The van der Waals surface area contributed by atoms with Crippen LogP contribution in [-0.4, -0.2) is 22.3 Å². The van der Waals surface area contributed by atoms with Gasteiger partial charge in [-0.1, -0.05) is 32.0 Å². The van der Waals surface area contributed by atoms with Gasteiger partial charge in [0.05, 0.1) is 12.0 Å². The van der Waals surface area contributed by atoms with Crippen molar-refractivity contribution in [1.82, 2.24) is 0 Å². The molecule has 0 radical (unpaired) electrons. The Morgan fingerprint density at radius 2 is 2.11 bits per heavy atom. The summed E-state index contributed by atoms with van der Waals surface area (Å²) in [6, 6.07) is 7.26. The Morgan fingerprint density at radius 1 is 1.44 bits per heavy atom. The molecular weight excluding hydrogens is 232 g/mol. The van der Waals surface area contributed by atoms with Crippen LogP contribution in [0.4, 0.5) is 0 Å². The maximum absolute atomic E-state index is 11.2.